The highest BCUT2D eigenvalue weighted by molar-refractivity contribution is 9.10. The molecule has 5 heteroatoms. The van der Waals surface area contributed by atoms with Crippen molar-refractivity contribution in [1.29, 1.82) is 0 Å². The highest BCUT2D eigenvalue weighted by Crippen LogP contribution is 2.34. The second-order valence-electron chi connectivity index (χ2n) is 5.64. The summed E-state index contributed by atoms with van der Waals surface area (Å²) in [4.78, 5) is 0. The van der Waals surface area contributed by atoms with Gasteiger partial charge in [-0.25, -0.2) is 9.07 Å². The summed E-state index contributed by atoms with van der Waals surface area (Å²) in [5.41, 5.74) is 8.44. The number of nitrogens with two attached hydrogens (primary N) is 1. The minimum atomic E-state index is -0.262. The molecule has 19 heavy (non-hydrogen) atoms. The number of hydrogen-bond acceptors (Lipinski definition) is 2. The fraction of sp³-hybridized carbons (Fsp3) is 0.357. The van der Waals surface area contributed by atoms with Crippen molar-refractivity contribution in [3.8, 4) is 5.69 Å². The van der Waals surface area contributed by atoms with Crippen LogP contribution in [0.5, 0.6) is 0 Å². The summed E-state index contributed by atoms with van der Waals surface area (Å²) in [5.74, 6) is 0.265. The lowest BCUT2D eigenvalue weighted by Gasteiger charge is -2.15. The van der Waals surface area contributed by atoms with E-state index < -0.39 is 0 Å². The van der Waals surface area contributed by atoms with Crippen molar-refractivity contribution in [3.05, 3.63) is 39.7 Å². The van der Waals surface area contributed by atoms with Crippen LogP contribution in [0.15, 0.2) is 22.7 Å². The lowest BCUT2D eigenvalue weighted by molar-refractivity contribution is 0.557. The van der Waals surface area contributed by atoms with Crippen molar-refractivity contribution in [2.75, 3.05) is 5.73 Å². The molecule has 0 saturated carbocycles. The van der Waals surface area contributed by atoms with Crippen molar-refractivity contribution in [2.45, 2.75) is 33.1 Å². The summed E-state index contributed by atoms with van der Waals surface area (Å²) in [6.07, 6.45) is 0. The Hall–Kier alpha value is -1.36. The van der Waals surface area contributed by atoms with Gasteiger partial charge in [0.25, 0.3) is 0 Å². The first kappa shape index (κ1) is 14.1. The molecule has 1 aromatic heterocycles. The Balaban J connectivity index is 2.64. The Labute approximate surface area is 120 Å². The number of nitrogens with zero attached hydrogens (tertiary/aromatic N) is 2. The lowest BCUT2D eigenvalue weighted by atomic mass is 9.92. The number of benzene rings is 1. The molecule has 0 fully saturated rings. The third-order valence-electron chi connectivity index (χ3n) is 2.96. The zero-order valence-electron chi connectivity index (χ0n) is 11.5. The largest absolute Gasteiger partial charge is 0.383 e. The van der Waals surface area contributed by atoms with Crippen LogP contribution in [0.3, 0.4) is 0 Å². The number of halogens is 2. The lowest BCUT2D eigenvalue weighted by Crippen LogP contribution is -2.13. The Bertz CT molecular complexity index is 626. The Morgan fingerprint density at radius 3 is 2.42 bits per heavy atom. The molecule has 3 nitrogen and oxygen atoms in total. The van der Waals surface area contributed by atoms with Gasteiger partial charge in [-0.3, -0.25) is 0 Å². The van der Waals surface area contributed by atoms with Crippen molar-refractivity contribution in [2.24, 2.45) is 0 Å². The Morgan fingerprint density at radius 1 is 1.32 bits per heavy atom. The Kier molecular flexibility index (Phi) is 3.43. The summed E-state index contributed by atoms with van der Waals surface area (Å²) < 4.78 is 15.6. The van der Waals surface area contributed by atoms with Gasteiger partial charge in [0, 0.05) is 5.41 Å². The first-order chi connectivity index (χ1) is 8.71. The van der Waals surface area contributed by atoms with E-state index in [2.05, 4.69) is 41.8 Å². The topological polar surface area (TPSA) is 43.8 Å². The van der Waals surface area contributed by atoms with Crippen LogP contribution >= 0.6 is 15.9 Å². The van der Waals surface area contributed by atoms with Gasteiger partial charge in [-0.1, -0.05) is 20.8 Å². The van der Waals surface area contributed by atoms with E-state index in [4.69, 9.17) is 5.73 Å². The molecule has 0 amide bonds. The average molecular weight is 326 g/mol. The standard InChI is InChI=1S/C14H17BrFN3/c1-8-7-9(16)5-6-10(8)19-13(17)11(15)12(18-19)14(2,3)4/h5-7H,17H2,1-4H3. The van der Waals surface area contributed by atoms with Crippen LogP contribution < -0.4 is 5.73 Å². The first-order valence-electron chi connectivity index (χ1n) is 6.03. The van der Waals surface area contributed by atoms with Gasteiger partial charge in [0.05, 0.1) is 15.9 Å². The van der Waals surface area contributed by atoms with Crippen molar-refractivity contribution in [1.82, 2.24) is 9.78 Å². The van der Waals surface area contributed by atoms with Crippen LogP contribution in [-0.4, -0.2) is 9.78 Å². The van der Waals surface area contributed by atoms with E-state index in [1.54, 1.807) is 10.7 Å². The number of nitrogen functional groups attached to an aromatic ring is 1. The predicted octanol–water partition coefficient (Wildman–Crippen LogP) is 3.96. The minimum absolute atomic E-state index is 0.119. The van der Waals surface area contributed by atoms with E-state index in [1.807, 2.05) is 6.92 Å². The maximum atomic E-state index is 13.2. The number of hydrogen-bond donors (Lipinski definition) is 1. The molecule has 0 aliphatic heterocycles. The fourth-order valence-electron chi connectivity index (χ4n) is 1.93. The van der Waals surface area contributed by atoms with Gasteiger partial charge in [0.15, 0.2) is 0 Å². The van der Waals surface area contributed by atoms with Crippen molar-refractivity contribution < 1.29 is 4.39 Å². The zero-order valence-corrected chi connectivity index (χ0v) is 13.0. The van der Waals surface area contributed by atoms with Crippen molar-refractivity contribution >= 4 is 21.7 Å². The van der Waals surface area contributed by atoms with E-state index >= 15 is 0 Å². The monoisotopic (exact) mass is 325 g/mol. The van der Waals surface area contributed by atoms with Gasteiger partial charge < -0.3 is 5.73 Å². The third-order valence-corrected chi connectivity index (χ3v) is 3.74. The highest BCUT2D eigenvalue weighted by atomic mass is 79.9. The number of anilines is 1. The molecule has 1 aromatic carbocycles. The molecule has 2 rings (SSSR count). The average Bonchev–Trinajstić information content (AvgIpc) is 2.56. The third kappa shape index (κ3) is 2.52. The molecule has 0 spiro atoms. The van der Waals surface area contributed by atoms with E-state index in [9.17, 15) is 4.39 Å². The van der Waals surface area contributed by atoms with Crippen LogP contribution in [0.2, 0.25) is 0 Å². The molecule has 0 bridgehead atoms. The number of aromatic nitrogens is 2. The SMILES string of the molecule is Cc1cc(F)ccc1-n1nc(C(C)(C)C)c(Br)c1N. The normalized spacial score (nSPS) is 11.9. The second kappa shape index (κ2) is 4.63. The summed E-state index contributed by atoms with van der Waals surface area (Å²) in [5, 5.41) is 4.56. The number of rotatable bonds is 1. The van der Waals surface area contributed by atoms with Gasteiger partial charge in [-0.15, -0.1) is 0 Å². The molecule has 102 valence electrons. The smallest absolute Gasteiger partial charge is 0.141 e. The maximum absolute atomic E-state index is 13.2. The van der Waals surface area contributed by atoms with Gasteiger partial charge in [0.2, 0.25) is 0 Å². The molecule has 0 unspecified atom stereocenters. The van der Waals surface area contributed by atoms with Crippen LogP contribution in [0.25, 0.3) is 5.69 Å². The van der Waals surface area contributed by atoms with Crippen LogP contribution in [0, 0.1) is 12.7 Å². The first-order valence-corrected chi connectivity index (χ1v) is 6.82. The van der Waals surface area contributed by atoms with Crippen LogP contribution in [0.1, 0.15) is 32.0 Å². The molecule has 2 aromatic rings. The molecular weight excluding hydrogens is 309 g/mol. The van der Waals surface area contributed by atoms with Gasteiger partial charge >= 0.3 is 0 Å². The predicted molar refractivity (Wildman–Crippen MR) is 79.1 cm³/mol. The molecule has 0 aliphatic rings. The second-order valence-corrected chi connectivity index (χ2v) is 6.43. The minimum Gasteiger partial charge on any atom is -0.383 e. The summed E-state index contributed by atoms with van der Waals surface area (Å²) in [7, 11) is 0. The van der Waals surface area contributed by atoms with Gasteiger partial charge in [0.1, 0.15) is 11.6 Å². The molecule has 2 N–H and O–H groups in total. The zero-order chi connectivity index (χ0) is 14.4. The van der Waals surface area contributed by atoms with Crippen molar-refractivity contribution in [3.63, 3.8) is 0 Å². The fourth-order valence-corrected chi connectivity index (χ4v) is 2.77. The summed E-state index contributed by atoms with van der Waals surface area (Å²) in [6.45, 7) is 8.05. The van der Waals surface area contributed by atoms with Crippen LogP contribution in [0.4, 0.5) is 10.2 Å². The van der Waals surface area contributed by atoms with E-state index in [0.29, 0.717) is 5.82 Å². The molecule has 0 radical (unpaired) electrons. The molecule has 0 saturated heterocycles. The van der Waals surface area contributed by atoms with Gasteiger partial charge in [-0.2, -0.15) is 5.10 Å². The molecular formula is C14H17BrFN3. The molecule has 1 heterocycles. The van der Waals surface area contributed by atoms with E-state index in [1.165, 1.54) is 12.1 Å². The van der Waals surface area contributed by atoms with Crippen LogP contribution in [-0.2, 0) is 5.41 Å². The Morgan fingerprint density at radius 2 is 1.95 bits per heavy atom. The molecule has 0 aliphatic carbocycles. The summed E-state index contributed by atoms with van der Waals surface area (Å²) in [6, 6.07) is 4.57. The highest BCUT2D eigenvalue weighted by Gasteiger charge is 2.25. The molecule has 0 atom stereocenters. The number of aryl methyl sites for hydroxylation is 1. The van der Waals surface area contributed by atoms with E-state index in [0.717, 1.165) is 21.4 Å². The van der Waals surface area contributed by atoms with E-state index in [-0.39, 0.29) is 11.2 Å². The quantitative estimate of drug-likeness (QED) is 0.862. The maximum Gasteiger partial charge on any atom is 0.141 e. The van der Waals surface area contributed by atoms with Gasteiger partial charge in [-0.05, 0) is 46.6 Å². The summed E-state index contributed by atoms with van der Waals surface area (Å²) >= 11 is 3.49.